The molecule has 0 spiro atoms. The van der Waals surface area contributed by atoms with Crippen LogP contribution >= 0.6 is 0 Å². The topological polar surface area (TPSA) is 72.9 Å². The smallest absolute Gasteiger partial charge is 0.421 e. The number of ether oxygens (including phenoxy) is 2. The minimum atomic E-state index is -0.962. The van der Waals surface area contributed by atoms with Gasteiger partial charge in [-0.2, -0.15) is 0 Å². The zero-order valence-electron chi connectivity index (χ0n) is 15.9. The molecule has 0 aliphatic carbocycles. The Labute approximate surface area is 153 Å². The first-order valence-corrected chi connectivity index (χ1v) is 8.60. The fraction of sp³-hybridized carbons (Fsp3) is 0.450. The third-order valence-electron chi connectivity index (χ3n) is 4.06. The Morgan fingerprint density at radius 3 is 2.50 bits per heavy atom. The SMILES string of the molecule is CCOC(=O)/C=C\C[C@]1(C)C(=O)N(C(=O)OC(C)(C)C)c2ccccc21. The van der Waals surface area contributed by atoms with Crippen molar-refractivity contribution in [2.45, 2.75) is 52.1 Å². The third kappa shape index (κ3) is 3.95. The van der Waals surface area contributed by atoms with Gasteiger partial charge >= 0.3 is 12.1 Å². The van der Waals surface area contributed by atoms with Crippen molar-refractivity contribution in [1.82, 2.24) is 0 Å². The number of nitrogens with zero attached hydrogens (tertiary/aromatic N) is 1. The summed E-state index contributed by atoms with van der Waals surface area (Å²) in [5, 5.41) is 0. The van der Waals surface area contributed by atoms with E-state index in [4.69, 9.17) is 9.47 Å². The summed E-state index contributed by atoms with van der Waals surface area (Å²) in [7, 11) is 0. The minimum absolute atomic E-state index is 0.265. The Bertz CT molecular complexity index is 747. The van der Waals surface area contributed by atoms with Gasteiger partial charge in [0.1, 0.15) is 5.60 Å². The van der Waals surface area contributed by atoms with E-state index in [0.29, 0.717) is 5.69 Å². The molecule has 0 fully saturated rings. The number of hydrogen-bond acceptors (Lipinski definition) is 5. The maximum atomic E-state index is 13.1. The Morgan fingerprint density at radius 1 is 1.23 bits per heavy atom. The normalized spacial score (nSPS) is 19.6. The molecule has 6 heteroatoms. The first kappa shape index (κ1) is 19.7. The largest absolute Gasteiger partial charge is 0.463 e. The molecule has 0 saturated heterocycles. The summed E-state index contributed by atoms with van der Waals surface area (Å²) >= 11 is 0. The molecule has 0 radical (unpaired) electrons. The van der Waals surface area contributed by atoms with E-state index >= 15 is 0 Å². The zero-order chi connectivity index (χ0) is 19.5. The molecule has 1 heterocycles. The average molecular weight is 359 g/mol. The molecule has 0 aromatic heterocycles. The standard InChI is InChI=1S/C20H25NO5/c1-6-25-16(22)12-9-13-20(5)14-10-7-8-11-15(14)21(17(20)23)18(24)26-19(2,3)4/h7-12H,6,13H2,1-5H3/b12-9-/t20-/m0/s1. The van der Waals surface area contributed by atoms with Crippen molar-refractivity contribution in [3.8, 4) is 0 Å². The van der Waals surface area contributed by atoms with E-state index in [1.165, 1.54) is 6.08 Å². The Morgan fingerprint density at radius 2 is 1.88 bits per heavy atom. The van der Waals surface area contributed by atoms with Crippen molar-refractivity contribution in [2.24, 2.45) is 0 Å². The minimum Gasteiger partial charge on any atom is -0.463 e. The monoisotopic (exact) mass is 359 g/mol. The summed E-state index contributed by atoms with van der Waals surface area (Å²) in [6.45, 7) is 9.01. The third-order valence-corrected chi connectivity index (χ3v) is 4.06. The summed E-state index contributed by atoms with van der Waals surface area (Å²) in [4.78, 5) is 38.2. The molecular formula is C20H25NO5. The molecule has 140 valence electrons. The zero-order valence-corrected chi connectivity index (χ0v) is 15.9. The average Bonchev–Trinajstić information content (AvgIpc) is 2.75. The van der Waals surface area contributed by atoms with Crippen LogP contribution in [0.3, 0.4) is 0 Å². The fourth-order valence-corrected chi connectivity index (χ4v) is 2.87. The molecule has 1 aliphatic rings. The van der Waals surface area contributed by atoms with Gasteiger partial charge in [0, 0.05) is 6.08 Å². The van der Waals surface area contributed by atoms with Gasteiger partial charge in [-0.25, -0.2) is 14.5 Å². The van der Waals surface area contributed by atoms with Crippen LogP contribution in [0, 0.1) is 0 Å². The number of carbonyl (C=O) groups excluding carboxylic acids is 3. The number of allylic oxidation sites excluding steroid dienone is 1. The van der Waals surface area contributed by atoms with Crippen LogP contribution in [0.25, 0.3) is 0 Å². The van der Waals surface area contributed by atoms with Crippen LogP contribution in [-0.4, -0.2) is 30.2 Å². The number of esters is 1. The second-order valence-corrected chi connectivity index (χ2v) is 7.33. The van der Waals surface area contributed by atoms with Crippen molar-refractivity contribution in [3.63, 3.8) is 0 Å². The van der Waals surface area contributed by atoms with Gasteiger partial charge in [0.2, 0.25) is 5.91 Å². The molecule has 1 aromatic carbocycles. The van der Waals surface area contributed by atoms with E-state index in [-0.39, 0.29) is 18.9 Å². The van der Waals surface area contributed by atoms with Crippen LogP contribution in [0.4, 0.5) is 10.5 Å². The summed E-state index contributed by atoms with van der Waals surface area (Å²) in [5.41, 5.74) is -0.436. The van der Waals surface area contributed by atoms with E-state index in [2.05, 4.69) is 0 Å². The lowest BCUT2D eigenvalue weighted by Crippen LogP contribution is -2.44. The number of rotatable bonds is 4. The lowest BCUT2D eigenvalue weighted by molar-refractivity contribution is -0.137. The molecule has 26 heavy (non-hydrogen) atoms. The van der Waals surface area contributed by atoms with E-state index in [1.807, 2.05) is 12.1 Å². The van der Waals surface area contributed by atoms with Crippen molar-refractivity contribution in [1.29, 1.82) is 0 Å². The van der Waals surface area contributed by atoms with Crippen molar-refractivity contribution < 1.29 is 23.9 Å². The van der Waals surface area contributed by atoms with Crippen LogP contribution in [0.5, 0.6) is 0 Å². The highest BCUT2D eigenvalue weighted by atomic mass is 16.6. The first-order chi connectivity index (χ1) is 12.1. The lowest BCUT2D eigenvalue weighted by Gasteiger charge is -2.25. The number of hydrogen-bond donors (Lipinski definition) is 0. The Kier molecular flexibility index (Phi) is 5.54. The summed E-state index contributed by atoms with van der Waals surface area (Å²) in [6, 6.07) is 7.12. The number of amides is 2. The van der Waals surface area contributed by atoms with Gasteiger partial charge in [-0.15, -0.1) is 0 Å². The molecule has 0 bridgehead atoms. The van der Waals surface area contributed by atoms with Gasteiger partial charge < -0.3 is 9.47 Å². The molecule has 2 rings (SSSR count). The highest BCUT2D eigenvalue weighted by Crippen LogP contribution is 2.44. The predicted octanol–water partition coefficient (Wildman–Crippen LogP) is 3.74. The molecular weight excluding hydrogens is 334 g/mol. The number of fused-ring (bicyclic) bond motifs is 1. The number of carbonyl (C=O) groups is 3. The van der Waals surface area contributed by atoms with Gasteiger partial charge in [-0.05, 0) is 52.7 Å². The van der Waals surface area contributed by atoms with Crippen LogP contribution in [0.1, 0.15) is 46.6 Å². The van der Waals surface area contributed by atoms with E-state index in [9.17, 15) is 14.4 Å². The first-order valence-electron chi connectivity index (χ1n) is 8.60. The van der Waals surface area contributed by atoms with Crippen molar-refractivity contribution in [3.05, 3.63) is 42.0 Å². The number of benzene rings is 1. The summed E-state index contributed by atoms with van der Waals surface area (Å²) < 4.78 is 10.2. The molecule has 6 nitrogen and oxygen atoms in total. The van der Waals surface area contributed by atoms with Crippen LogP contribution < -0.4 is 4.90 Å². The Balaban J connectivity index is 2.33. The second kappa shape index (κ2) is 7.32. The van der Waals surface area contributed by atoms with Gasteiger partial charge in [-0.1, -0.05) is 24.3 Å². The maximum Gasteiger partial charge on any atom is 0.421 e. The molecule has 1 aromatic rings. The fourth-order valence-electron chi connectivity index (χ4n) is 2.87. The number of imide groups is 1. The number of anilines is 1. The van der Waals surface area contributed by atoms with E-state index in [0.717, 1.165) is 10.5 Å². The highest BCUT2D eigenvalue weighted by molar-refractivity contribution is 6.21. The maximum absolute atomic E-state index is 13.1. The lowest BCUT2D eigenvalue weighted by atomic mass is 9.80. The van der Waals surface area contributed by atoms with Crippen LogP contribution in [-0.2, 0) is 24.5 Å². The van der Waals surface area contributed by atoms with Gasteiger partial charge in [0.15, 0.2) is 0 Å². The second-order valence-electron chi connectivity index (χ2n) is 7.33. The predicted molar refractivity (Wildman–Crippen MR) is 97.9 cm³/mol. The van der Waals surface area contributed by atoms with Gasteiger partial charge in [-0.3, -0.25) is 4.79 Å². The van der Waals surface area contributed by atoms with Crippen molar-refractivity contribution >= 4 is 23.7 Å². The molecule has 1 aliphatic heterocycles. The molecule has 0 N–H and O–H groups in total. The molecule has 0 saturated carbocycles. The van der Waals surface area contributed by atoms with Crippen LogP contribution in [0.2, 0.25) is 0 Å². The highest BCUT2D eigenvalue weighted by Gasteiger charge is 2.50. The quantitative estimate of drug-likeness (QED) is 0.605. The Hall–Kier alpha value is -2.63. The molecule has 0 unspecified atom stereocenters. The molecule has 1 atom stereocenters. The van der Waals surface area contributed by atoms with Gasteiger partial charge in [0.25, 0.3) is 0 Å². The van der Waals surface area contributed by atoms with Gasteiger partial charge in [0.05, 0.1) is 17.7 Å². The van der Waals surface area contributed by atoms with Crippen LogP contribution in [0.15, 0.2) is 36.4 Å². The van der Waals surface area contributed by atoms with E-state index < -0.39 is 23.1 Å². The molecule has 2 amide bonds. The van der Waals surface area contributed by atoms with E-state index in [1.54, 1.807) is 52.8 Å². The number of para-hydroxylation sites is 1. The summed E-state index contributed by atoms with van der Waals surface area (Å²) in [6.07, 6.45) is 2.47. The van der Waals surface area contributed by atoms with Crippen molar-refractivity contribution in [2.75, 3.05) is 11.5 Å². The summed E-state index contributed by atoms with van der Waals surface area (Å²) in [5.74, 6) is -0.833.